The Balaban J connectivity index is 3.26. The van der Waals surface area contributed by atoms with Crippen LogP contribution in [-0.2, 0) is 0 Å². The number of methoxy groups -OCH3 is 1. The summed E-state index contributed by atoms with van der Waals surface area (Å²) < 4.78 is 5.37. The molecule has 0 radical (unpaired) electrons. The average molecular weight is 228 g/mol. The topological polar surface area (TPSA) is 12.5 Å². The zero-order valence-electron chi connectivity index (χ0n) is 9.97. The predicted octanol–water partition coefficient (Wildman–Crippen LogP) is 3.11. The zero-order valence-corrected chi connectivity index (χ0v) is 10.7. The molecule has 1 atom stereocenters. The number of hydrogen-bond donors (Lipinski definition) is 0. The molecule has 0 heterocycles. The molecule has 0 amide bonds. The highest BCUT2D eigenvalue weighted by atomic mass is 35.5. The van der Waals surface area contributed by atoms with Crippen LogP contribution < -0.4 is 4.74 Å². The Morgan fingerprint density at radius 3 is 2.33 bits per heavy atom. The Labute approximate surface area is 96.8 Å². The summed E-state index contributed by atoms with van der Waals surface area (Å²) in [4.78, 5) is 1.96. The van der Waals surface area contributed by atoms with Gasteiger partial charge in [0.05, 0.1) is 7.11 Å². The number of benzene rings is 1. The van der Waals surface area contributed by atoms with Crippen LogP contribution in [0.4, 0.5) is 0 Å². The molecule has 1 aromatic carbocycles. The summed E-state index contributed by atoms with van der Waals surface area (Å²) in [5.74, 6) is 0.862. The van der Waals surface area contributed by atoms with Crippen molar-refractivity contribution in [1.29, 1.82) is 0 Å². The van der Waals surface area contributed by atoms with E-state index < -0.39 is 0 Å². The van der Waals surface area contributed by atoms with Crippen molar-refractivity contribution in [2.75, 3.05) is 21.2 Å². The molecule has 84 valence electrons. The molecule has 0 spiro atoms. The summed E-state index contributed by atoms with van der Waals surface area (Å²) in [6.07, 6.45) is 0. The molecule has 0 aliphatic carbocycles. The van der Waals surface area contributed by atoms with Crippen LogP contribution in [0.5, 0.6) is 5.75 Å². The van der Waals surface area contributed by atoms with Crippen LogP contribution in [0.15, 0.2) is 12.1 Å². The molecule has 0 saturated carbocycles. The first kappa shape index (κ1) is 12.3. The Morgan fingerprint density at radius 1 is 1.27 bits per heavy atom. The Morgan fingerprint density at radius 2 is 1.87 bits per heavy atom. The molecular formula is C12H18ClNO. The van der Waals surface area contributed by atoms with Gasteiger partial charge in [0.15, 0.2) is 0 Å². The van der Waals surface area contributed by atoms with Gasteiger partial charge in [-0.2, -0.15) is 0 Å². The van der Waals surface area contributed by atoms with E-state index in [1.165, 1.54) is 11.1 Å². The molecule has 15 heavy (non-hydrogen) atoms. The van der Waals surface area contributed by atoms with Crippen molar-refractivity contribution >= 4 is 11.6 Å². The minimum absolute atomic E-state index is 0.152. The lowest BCUT2D eigenvalue weighted by atomic mass is 10.0. The van der Waals surface area contributed by atoms with E-state index in [0.717, 1.165) is 11.3 Å². The molecule has 0 aliphatic heterocycles. The third kappa shape index (κ3) is 2.64. The minimum Gasteiger partial charge on any atom is -0.496 e. The zero-order chi connectivity index (χ0) is 11.6. The Hall–Kier alpha value is -0.730. The summed E-state index contributed by atoms with van der Waals surface area (Å²) in [5.41, 5.74) is 3.26. The minimum atomic E-state index is -0.152. The largest absolute Gasteiger partial charge is 0.496 e. The lowest BCUT2D eigenvalue weighted by Crippen LogP contribution is -2.16. The van der Waals surface area contributed by atoms with Crippen molar-refractivity contribution in [2.45, 2.75) is 19.3 Å². The van der Waals surface area contributed by atoms with Gasteiger partial charge in [-0.3, -0.25) is 4.90 Å². The van der Waals surface area contributed by atoms with Gasteiger partial charge >= 0.3 is 0 Å². The first-order valence-electron chi connectivity index (χ1n) is 4.93. The summed E-state index contributed by atoms with van der Waals surface area (Å²) >= 11 is 6.33. The van der Waals surface area contributed by atoms with E-state index in [2.05, 4.69) is 19.9 Å². The van der Waals surface area contributed by atoms with Crippen molar-refractivity contribution in [3.05, 3.63) is 28.8 Å². The molecule has 0 aliphatic rings. The molecule has 2 nitrogen and oxygen atoms in total. The normalized spacial score (nSPS) is 13.0. The second-order valence-corrected chi connectivity index (χ2v) is 4.41. The van der Waals surface area contributed by atoms with Crippen LogP contribution >= 0.6 is 11.6 Å². The third-order valence-electron chi connectivity index (χ3n) is 2.40. The maximum Gasteiger partial charge on any atom is 0.125 e. The molecule has 0 bridgehead atoms. The van der Waals surface area contributed by atoms with E-state index in [1.807, 2.05) is 25.1 Å². The van der Waals surface area contributed by atoms with Crippen LogP contribution in [0.3, 0.4) is 0 Å². The van der Waals surface area contributed by atoms with Gasteiger partial charge in [-0.05, 0) is 45.1 Å². The molecular weight excluding hydrogens is 210 g/mol. The number of aryl methyl sites for hydroxylation is 2. The van der Waals surface area contributed by atoms with E-state index in [-0.39, 0.29) is 5.50 Å². The third-order valence-corrected chi connectivity index (χ3v) is 3.01. The van der Waals surface area contributed by atoms with Crippen LogP contribution in [0.1, 0.15) is 22.2 Å². The number of hydrogen-bond acceptors (Lipinski definition) is 2. The van der Waals surface area contributed by atoms with Crippen LogP contribution in [0, 0.1) is 13.8 Å². The van der Waals surface area contributed by atoms with Crippen molar-refractivity contribution in [2.24, 2.45) is 0 Å². The van der Waals surface area contributed by atoms with E-state index in [9.17, 15) is 0 Å². The smallest absolute Gasteiger partial charge is 0.125 e. The molecule has 0 aromatic heterocycles. The Bertz CT molecular complexity index is 350. The monoisotopic (exact) mass is 227 g/mol. The lowest BCUT2D eigenvalue weighted by molar-refractivity contribution is 0.359. The van der Waals surface area contributed by atoms with E-state index >= 15 is 0 Å². The van der Waals surface area contributed by atoms with Gasteiger partial charge < -0.3 is 4.74 Å². The fourth-order valence-electron chi connectivity index (χ4n) is 1.67. The lowest BCUT2D eigenvalue weighted by Gasteiger charge is -2.22. The van der Waals surface area contributed by atoms with E-state index in [0.29, 0.717) is 0 Å². The van der Waals surface area contributed by atoms with Gasteiger partial charge in [0, 0.05) is 5.56 Å². The number of ether oxygens (including phenoxy) is 1. The highest BCUT2D eigenvalue weighted by Gasteiger charge is 2.18. The highest BCUT2D eigenvalue weighted by molar-refractivity contribution is 6.20. The van der Waals surface area contributed by atoms with E-state index in [1.54, 1.807) is 7.11 Å². The molecule has 3 heteroatoms. The standard InChI is InChI=1S/C12H18ClNO/c1-8-6-9(2)11(10(7-8)15-5)12(13)14(3)4/h6-7,12H,1-5H3. The quantitative estimate of drug-likeness (QED) is 0.581. The predicted molar refractivity (Wildman–Crippen MR) is 64.7 cm³/mol. The van der Waals surface area contributed by atoms with Crippen LogP contribution in [0.25, 0.3) is 0 Å². The first-order valence-corrected chi connectivity index (χ1v) is 5.36. The van der Waals surface area contributed by atoms with Gasteiger partial charge in [0.1, 0.15) is 11.3 Å². The van der Waals surface area contributed by atoms with Crippen molar-refractivity contribution in [3.63, 3.8) is 0 Å². The van der Waals surface area contributed by atoms with Gasteiger partial charge in [0.2, 0.25) is 0 Å². The van der Waals surface area contributed by atoms with Gasteiger partial charge in [0.25, 0.3) is 0 Å². The second-order valence-electron chi connectivity index (χ2n) is 4.00. The summed E-state index contributed by atoms with van der Waals surface area (Å²) in [7, 11) is 5.59. The summed E-state index contributed by atoms with van der Waals surface area (Å²) in [6.45, 7) is 4.11. The molecule has 0 saturated heterocycles. The van der Waals surface area contributed by atoms with Gasteiger partial charge in [-0.15, -0.1) is 11.6 Å². The van der Waals surface area contributed by atoms with Crippen molar-refractivity contribution in [3.8, 4) is 5.75 Å². The van der Waals surface area contributed by atoms with Gasteiger partial charge in [-0.25, -0.2) is 0 Å². The van der Waals surface area contributed by atoms with Crippen molar-refractivity contribution in [1.82, 2.24) is 4.90 Å². The molecule has 0 N–H and O–H groups in total. The second kappa shape index (κ2) is 4.86. The molecule has 1 rings (SSSR count). The highest BCUT2D eigenvalue weighted by Crippen LogP contribution is 2.34. The Kier molecular flexibility index (Phi) is 4.00. The van der Waals surface area contributed by atoms with Crippen LogP contribution in [-0.4, -0.2) is 26.1 Å². The maximum atomic E-state index is 6.33. The number of rotatable bonds is 3. The molecule has 1 unspecified atom stereocenters. The number of alkyl halides is 1. The average Bonchev–Trinajstić information content (AvgIpc) is 2.15. The first-order chi connectivity index (χ1) is 6.97. The van der Waals surface area contributed by atoms with Crippen LogP contribution in [0.2, 0.25) is 0 Å². The molecule has 0 fully saturated rings. The van der Waals surface area contributed by atoms with E-state index in [4.69, 9.17) is 16.3 Å². The number of halogens is 1. The fourth-order valence-corrected chi connectivity index (χ4v) is 1.95. The summed E-state index contributed by atoms with van der Waals surface area (Å²) in [5, 5.41) is 0. The fraction of sp³-hybridized carbons (Fsp3) is 0.500. The summed E-state index contributed by atoms with van der Waals surface area (Å²) in [6, 6.07) is 4.14. The number of nitrogens with zero attached hydrogens (tertiary/aromatic N) is 1. The SMILES string of the molecule is COc1cc(C)cc(C)c1C(Cl)N(C)C. The molecule has 1 aromatic rings. The maximum absolute atomic E-state index is 6.33. The van der Waals surface area contributed by atoms with Gasteiger partial charge in [-0.1, -0.05) is 6.07 Å². The van der Waals surface area contributed by atoms with Crippen molar-refractivity contribution < 1.29 is 4.74 Å².